The van der Waals surface area contributed by atoms with Crippen molar-refractivity contribution in [3.63, 3.8) is 0 Å². The van der Waals surface area contributed by atoms with E-state index < -0.39 is 0 Å². The van der Waals surface area contributed by atoms with Crippen molar-refractivity contribution in [3.05, 3.63) is 17.5 Å². The number of carbonyl (C=O) groups excluding carboxylic acids is 1. The summed E-state index contributed by atoms with van der Waals surface area (Å²) < 4.78 is 5.32. The van der Waals surface area contributed by atoms with Crippen LogP contribution in [0.25, 0.3) is 0 Å². The summed E-state index contributed by atoms with van der Waals surface area (Å²) in [5, 5.41) is 4.04. The van der Waals surface area contributed by atoms with Gasteiger partial charge in [0.1, 0.15) is 0 Å². The van der Waals surface area contributed by atoms with Crippen LogP contribution in [-0.4, -0.2) is 47.5 Å². The van der Waals surface area contributed by atoms with Crippen molar-refractivity contribution < 1.29 is 9.32 Å². The minimum atomic E-state index is 0.156. The second-order valence-electron chi connectivity index (χ2n) is 6.67. The average Bonchev–Trinajstić information content (AvgIpc) is 2.90. The quantitative estimate of drug-likeness (QED) is 0.839. The van der Waals surface area contributed by atoms with E-state index in [0.717, 1.165) is 24.5 Å². The molecular formula is C17H29N3O2. The molecule has 1 aromatic heterocycles. The lowest BCUT2D eigenvalue weighted by Crippen LogP contribution is -2.39. The van der Waals surface area contributed by atoms with Gasteiger partial charge in [-0.1, -0.05) is 38.3 Å². The molecule has 2 rings (SSSR count). The molecule has 0 aliphatic carbocycles. The molecule has 124 valence electrons. The third-order valence-corrected chi connectivity index (χ3v) is 4.30. The molecule has 0 bridgehead atoms. The zero-order valence-corrected chi connectivity index (χ0v) is 14.2. The van der Waals surface area contributed by atoms with Gasteiger partial charge in [-0.25, -0.2) is 0 Å². The van der Waals surface area contributed by atoms with Gasteiger partial charge in [-0.2, -0.15) is 0 Å². The van der Waals surface area contributed by atoms with Crippen molar-refractivity contribution in [3.8, 4) is 0 Å². The normalized spacial score (nSPS) is 17.3. The molecule has 0 spiro atoms. The van der Waals surface area contributed by atoms with Crippen LogP contribution < -0.4 is 0 Å². The lowest BCUT2D eigenvalue weighted by atomic mass is 10.1. The van der Waals surface area contributed by atoms with E-state index in [-0.39, 0.29) is 5.91 Å². The van der Waals surface area contributed by atoms with E-state index in [9.17, 15) is 4.79 Å². The Bertz CT molecular complexity index is 462. The van der Waals surface area contributed by atoms with Crippen molar-refractivity contribution >= 4 is 5.91 Å². The number of nitrogens with zero attached hydrogens (tertiary/aromatic N) is 3. The molecule has 22 heavy (non-hydrogen) atoms. The first-order valence-corrected chi connectivity index (χ1v) is 8.48. The SMILES string of the molecule is CC(C)c1cc(CN(C)C(=O)CN2CCCCCCC2)on1. The predicted molar refractivity (Wildman–Crippen MR) is 86.6 cm³/mol. The number of carbonyl (C=O) groups is 1. The summed E-state index contributed by atoms with van der Waals surface area (Å²) >= 11 is 0. The van der Waals surface area contributed by atoms with Crippen LogP contribution in [0.5, 0.6) is 0 Å². The van der Waals surface area contributed by atoms with Gasteiger partial charge in [-0.3, -0.25) is 9.69 Å². The Morgan fingerprint density at radius 3 is 2.50 bits per heavy atom. The number of aromatic nitrogens is 1. The van der Waals surface area contributed by atoms with Gasteiger partial charge in [0.25, 0.3) is 0 Å². The molecule has 0 unspecified atom stereocenters. The van der Waals surface area contributed by atoms with Crippen LogP contribution in [0.4, 0.5) is 0 Å². The Hall–Kier alpha value is -1.36. The van der Waals surface area contributed by atoms with Gasteiger partial charge in [0.2, 0.25) is 5.91 Å². The van der Waals surface area contributed by atoms with Crippen molar-refractivity contribution in [2.45, 2.75) is 58.4 Å². The lowest BCUT2D eigenvalue weighted by molar-refractivity contribution is -0.132. The maximum atomic E-state index is 12.4. The topological polar surface area (TPSA) is 49.6 Å². The first kappa shape index (κ1) is 17.0. The third-order valence-electron chi connectivity index (χ3n) is 4.30. The molecular weight excluding hydrogens is 278 g/mol. The Morgan fingerprint density at radius 2 is 1.91 bits per heavy atom. The molecule has 1 amide bonds. The van der Waals surface area contributed by atoms with Crippen LogP contribution in [0.2, 0.25) is 0 Å². The summed E-state index contributed by atoms with van der Waals surface area (Å²) in [6.07, 6.45) is 6.33. The van der Waals surface area contributed by atoms with Crippen molar-refractivity contribution in [1.82, 2.24) is 15.0 Å². The monoisotopic (exact) mass is 307 g/mol. The second-order valence-corrected chi connectivity index (χ2v) is 6.67. The summed E-state index contributed by atoms with van der Waals surface area (Å²) in [6.45, 7) is 7.25. The molecule has 0 aromatic carbocycles. The molecule has 5 nitrogen and oxygen atoms in total. The van der Waals surface area contributed by atoms with Crippen molar-refractivity contribution in [1.29, 1.82) is 0 Å². The fourth-order valence-corrected chi connectivity index (χ4v) is 2.78. The number of likely N-dealkylation sites (tertiary alicyclic amines) is 1. The lowest BCUT2D eigenvalue weighted by Gasteiger charge is -2.26. The minimum absolute atomic E-state index is 0.156. The van der Waals surface area contributed by atoms with Gasteiger partial charge in [0, 0.05) is 13.1 Å². The van der Waals surface area contributed by atoms with Crippen LogP contribution in [0.1, 0.15) is 63.3 Å². The Labute approximate surface area is 133 Å². The number of amides is 1. The maximum Gasteiger partial charge on any atom is 0.236 e. The standard InChI is InChI=1S/C17H29N3O2/c1-14(2)16-11-15(22-18-16)12-19(3)17(21)13-20-9-7-5-4-6-8-10-20/h11,14H,4-10,12-13H2,1-3H3. The van der Waals surface area contributed by atoms with E-state index in [1.165, 1.54) is 32.1 Å². The summed E-state index contributed by atoms with van der Waals surface area (Å²) in [4.78, 5) is 16.4. The minimum Gasteiger partial charge on any atom is -0.359 e. The number of rotatable bonds is 5. The Balaban J connectivity index is 1.82. The molecule has 0 atom stereocenters. The zero-order chi connectivity index (χ0) is 15.9. The molecule has 0 N–H and O–H groups in total. The number of likely N-dealkylation sites (N-methyl/N-ethyl adjacent to an activating group) is 1. The van der Waals surface area contributed by atoms with E-state index >= 15 is 0 Å². The molecule has 5 heteroatoms. The first-order valence-electron chi connectivity index (χ1n) is 8.48. The highest BCUT2D eigenvalue weighted by molar-refractivity contribution is 5.77. The molecule has 1 aliphatic heterocycles. The largest absolute Gasteiger partial charge is 0.359 e. The van der Waals surface area contributed by atoms with Crippen molar-refractivity contribution in [2.75, 3.05) is 26.7 Å². The summed E-state index contributed by atoms with van der Waals surface area (Å²) in [7, 11) is 1.84. The van der Waals surface area contributed by atoms with E-state index in [0.29, 0.717) is 19.0 Å². The van der Waals surface area contributed by atoms with Gasteiger partial charge >= 0.3 is 0 Å². The summed E-state index contributed by atoms with van der Waals surface area (Å²) in [5.41, 5.74) is 0.944. The van der Waals surface area contributed by atoms with Gasteiger partial charge in [0.05, 0.1) is 18.8 Å². The highest BCUT2D eigenvalue weighted by Crippen LogP contribution is 2.15. The number of hydrogen-bond acceptors (Lipinski definition) is 4. The second kappa shape index (κ2) is 8.32. The van der Waals surface area contributed by atoms with Gasteiger partial charge in [0.15, 0.2) is 5.76 Å². The zero-order valence-electron chi connectivity index (χ0n) is 14.2. The molecule has 0 saturated carbocycles. The van der Waals surface area contributed by atoms with Crippen LogP contribution in [0, 0.1) is 0 Å². The molecule has 1 aromatic rings. The average molecular weight is 307 g/mol. The van der Waals surface area contributed by atoms with E-state index in [1.807, 2.05) is 13.1 Å². The van der Waals surface area contributed by atoms with E-state index in [4.69, 9.17) is 4.52 Å². The fraction of sp³-hybridized carbons (Fsp3) is 0.765. The van der Waals surface area contributed by atoms with Crippen LogP contribution in [0.15, 0.2) is 10.6 Å². The smallest absolute Gasteiger partial charge is 0.236 e. The van der Waals surface area contributed by atoms with Gasteiger partial charge < -0.3 is 9.42 Å². The maximum absolute atomic E-state index is 12.4. The molecule has 0 radical (unpaired) electrons. The van der Waals surface area contributed by atoms with Crippen LogP contribution in [0.3, 0.4) is 0 Å². The number of hydrogen-bond donors (Lipinski definition) is 0. The van der Waals surface area contributed by atoms with E-state index in [2.05, 4.69) is 23.9 Å². The summed E-state index contributed by atoms with van der Waals surface area (Å²) in [6, 6.07) is 1.95. The molecule has 1 fully saturated rings. The predicted octanol–water partition coefficient (Wildman–Crippen LogP) is 3.02. The van der Waals surface area contributed by atoms with Crippen molar-refractivity contribution in [2.24, 2.45) is 0 Å². The van der Waals surface area contributed by atoms with E-state index in [1.54, 1.807) is 4.90 Å². The Kier molecular flexibility index (Phi) is 6.43. The highest BCUT2D eigenvalue weighted by Gasteiger charge is 2.17. The summed E-state index contributed by atoms with van der Waals surface area (Å²) in [5.74, 6) is 1.26. The van der Waals surface area contributed by atoms with Gasteiger partial charge in [-0.05, 0) is 31.8 Å². The third kappa shape index (κ3) is 5.13. The van der Waals surface area contributed by atoms with Crippen LogP contribution >= 0.6 is 0 Å². The Morgan fingerprint density at radius 1 is 1.27 bits per heavy atom. The van der Waals surface area contributed by atoms with Crippen LogP contribution in [-0.2, 0) is 11.3 Å². The molecule has 2 heterocycles. The molecule has 1 aliphatic rings. The van der Waals surface area contributed by atoms with Gasteiger partial charge in [-0.15, -0.1) is 0 Å². The highest BCUT2D eigenvalue weighted by atomic mass is 16.5. The first-order chi connectivity index (χ1) is 10.6. The molecule has 1 saturated heterocycles. The fourth-order valence-electron chi connectivity index (χ4n) is 2.78.